The monoisotopic (exact) mass is 388 g/mol. The molecular formula is C25H37FO2. The number of fused-ring (bicyclic) bond motifs is 5. The molecule has 2 nitrogen and oxygen atoms in total. The fourth-order valence-corrected chi connectivity index (χ4v) is 7.82. The van der Waals surface area contributed by atoms with Gasteiger partial charge in [0, 0.05) is 6.42 Å². The molecule has 3 heteroatoms. The molecule has 0 saturated heterocycles. The number of aliphatic hydroxyl groups excluding tert-OH is 1. The average molecular weight is 389 g/mol. The summed E-state index contributed by atoms with van der Waals surface area (Å²) in [6.45, 7) is 6.51. The van der Waals surface area contributed by atoms with Gasteiger partial charge >= 0.3 is 0 Å². The Hall–Kier alpha value is -0.960. The molecule has 0 heterocycles. The number of halogens is 1. The molecule has 3 saturated carbocycles. The second-order valence-electron chi connectivity index (χ2n) is 10.5. The number of rotatable bonds is 4. The van der Waals surface area contributed by atoms with E-state index < -0.39 is 6.61 Å². The number of aliphatic hydroxyl groups is 1. The van der Waals surface area contributed by atoms with Gasteiger partial charge in [0.05, 0.1) is 6.61 Å². The molecule has 156 valence electrons. The lowest BCUT2D eigenvalue weighted by Crippen LogP contribution is -2.53. The standard InChI is InChI=1S/C25H37FO2/c1-4-5-6-16-13-17-14-18(28)9-11-24(17,2)21-10-12-25(3)19(22(26)15-27)7-8-20(25)23(16)21/h14,16,20-21,23,27H,4-13,15H2,1-3H3/t16-,20+,21+,23+,24+,25-/m1/s1. The summed E-state index contributed by atoms with van der Waals surface area (Å²) >= 11 is 0. The van der Waals surface area contributed by atoms with Crippen LogP contribution in [0.3, 0.4) is 0 Å². The van der Waals surface area contributed by atoms with Crippen molar-refractivity contribution in [3.05, 3.63) is 23.0 Å². The van der Waals surface area contributed by atoms with E-state index in [-0.39, 0.29) is 16.7 Å². The lowest BCUT2D eigenvalue weighted by molar-refractivity contribution is -0.118. The third-order valence-corrected chi connectivity index (χ3v) is 9.32. The van der Waals surface area contributed by atoms with E-state index in [0.29, 0.717) is 35.9 Å². The van der Waals surface area contributed by atoms with Crippen molar-refractivity contribution in [1.82, 2.24) is 0 Å². The summed E-state index contributed by atoms with van der Waals surface area (Å²) in [7, 11) is 0. The fraction of sp³-hybridized carbons (Fsp3) is 0.800. The first-order valence-electron chi connectivity index (χ1n) is 11.6. The van der Waals surface area contributed by atoms with E-state index in [1.807, 2.05) is 6.08 Å². The molecule has 0 unspecified atom stereocenters. The summed E-state index contributed by atoms with van der Waals surface area (Å²) in [4.78, 5) is 12.2. The molecule has 28 heavy (non-hydrogen) atoms. The molecule has 4 rings (SSSR count). The Morgan fingerprint density at radius 2 is 1.93 bits per heavy atom. The molecule has 3 fully saturated rings. The number of hydrogen-bond acceptors (Lipinski definition) is 2. The second-order valence-corrected chi connectivity index (χ2v) is 10.5. The highest BCUT2D eigenvalue weighted by Crippen LogP contribution is 2.68. The molecule has 0 aromatic heterocycles. The van der Waals surface area contributed by atoms with Crippen LogP contribution < -0.4 is 0 Å². The van der Waals surface area contributed by atoms with Crippen molar-refractivity contribution in [2.24, 2.45) is 34.5 Å². The largest absolute Gasteiger partial charge is 0.389 e. The van der Waals surface area contributed by atoms with E-state index in [9.17, 15) is 14.3 Å². The van der Waals surface area contributed by atoms with Gasteiger partial charge in [-0.2, -0.15) is 0 Å². The minimum Gasteiger partial charge on any atom is -0.389 e. The third kappa shape index (κ3) is 2.95. The molecule has 4 aliphatic rings. The molecule has 4 aliphatic carbocycles. The minimum atomic E-state index is -0.447. The smallest absolute Gasteiger partial charge is 0.155 e. The first-order valence-corrected chi connectivity index (χ1v) is 11.6. The van der Waals surface area contributed by atoms with Gasteiger partial charge in [0.2, 0.25) is 0 Å². The Morgan fingerprint density at radius 1 is 1.18 bits per heavy atom. The lowest BCUT2D eigenvalue weighted by atomic mass is 9.44. The van der Waals surface area contributed by atoms with Gasteiger partial charge in [-0.1, -0.05) is 39.2 Å². The maximum Gasteiger partial charge on any atom is 0.155 e. The summed E-state index contributed by atoms with van der Waals surface area (Å²) in [5, 5.41) is 9.45. The molecule has 0 aromatic carbocycles. The van der Waals surface area contributed by atoms with Gasteiger partial charge in [-0.15, -0.1) is 0 Å². The highest BCUT2D eigenvalue weighted by molar-refractivity contribution is 5.91. The SMILES string of the molecule is CCCC[C@@H]1CC2=CC(=O)CC[C@]2(C)[C@H]2CC[C@]3(C)C(=C(F)CO)CC[C@H]3[C@H]12. The van der Waals surface area contributed by atoms with Crippen molar-refractivity contribution in [2.45, 2.75) is 85.0 Å². The minimum absolute atomic E-state index is 0.0828. The number of allylic oxidation sites excluding steroid dienone is 2. The van der Waals surface area contributed by atoms with Crippen LogP contribution in [0, 0.1) is 34.5 Å². The molecule has 6 atom stereocenters. The Labute approximate surface area is 169 Å². The van der Waals surface area contributed by atoms with E-state index in [1.54, 1.807) is 0 Å². The van der Waals surface area contributed by atoms with E-state index in [0.717, 1.165) is 44.1 Å². The molecule has 0 aliphatic heterocycles. The first-order chi connectivity index (χ1) is 13.3. The van der Waals surface area contributed by atoms with Gasteiger partial charge in [0.1, 0.15) is 5.83 Å². The zero-order valence-corrected chi connectivity index (χ0v) is 17.9. The maximum atomic E-state index is 14.5. The normalized spacial score (nSPS) is 44.5. The molecule has 0 spiro atoms. The molecule has 0 bridgehead atoms. The van der Waals surface area contributed by atoms with Crippen LogP contribution in [-0.2, 0) is 4.79 Å². The predicted octanol–water partition coefficient (Wildman–Crippen LogP) is 6.15. The quantitative estimate of drug-likeness (QED) is 0.627. The van der Waals surface area contributed by atoms with Crippen LogP contribution >= 0.6 is 0 Å². The van der Waals surface area contributed by atoms with Crippen LogP contribution in [0.2, 0.25) is 0 Å². The van der Waals surface area contributed by atoms with Crippen molar-refractivity contribution in [1.29, 1.82) is 0 Å². The molecule has 0 radical (unpaired) electrons. The Bertz CT molecular complexity index is 707. The van der Waals surface area contributed by atoms with Crippen molar-refractivity contribution < 1.29 is 14.3 Å². The Morgan fingerprint density at radius 3 is 2.64 bits per heavy atom. The van der Waals surface area contributed by atoms with Crippen LogP contribution in [0.1, 0.15) is 85.0 Å². The third-order valence-electron chi connectivity index (χ3n) is 9.32. The van der Waals surface area contributed by atoms with Crippen molar-refractivity contribution in [3.8, 4) is 0 Å². The summed E-state index contributed by atoms with van der Waals surface area (Å²) in [5.74, 6) is 2.45. The van der Waals surface area contributed by atoms with E-state index >= 15 is 0 Å². The van der Waals surface area contributed by atoms with Gasteiger partial charge in [0.15, 0.2) is 5.78 Å². The average Bonchev–Trinajstić information content (AvgIpc) is 3.03. The number of carbonyl (C=O) groups excluding carboxylic acids is 1. The lowest BCUT2D eigenvalue weighted by Gasteiger charge is -2.60. The molecule has 0 amide bonds. The second kappa shape index (κ2) is 7.38. The van der Waals surface area contributed by atoms with Crippen molar-refractivity contribution >= 4 is 5.78 Å². The first kappa shape index (κ1) is 20.3. The zero-order chi connectivity index (χ0) is 20.1. The van der Waals surface area contributed by atoms with Gasteiger partial charge in [-0.3, -0.25) is 4.79 Å². The zero-order valence-electron chi connectivity index (χ0n) is 17.9. The molecular weight excluding hydrogens is 351 g/mol. The Kier molecular flexibility index (Phi) is 5.35. The van der Waals surface area contributed by atoms with E-state index in [1.165, 1.54) is 24.8 Å². The van der Waals surface area contributed by atoms with E-state index in [2.05, 4.69) is 20.8 Å². The number of unbranched alkanes of at least 4 members (excludes halogenated alkanes) is 1. The Balaban J connectivity index is 1.74. The fourth-order valence-electron chi connectivity index (χ4n) is 7.82. The van der Waals surface area contributed by atoms with Crippen LogP contribution in [0.5, 0.6) is 0 Å². The van der Waals surface area contributed by atoms with Gasteiger partial charge in [0.25, 0.3) is 0 Å². The van der Waals surface area contributed by atoms with Crippen LogP contribution in [0.25, 0.3) is 0 Å². The predicted molar refractivity (Wildman–Crippen MR) is 110 cm³/mol. The van der Waals surface area contributed by atoms with Crippen molar-refractivity contribution in [3.63, 3.8) is 0 Å². The highest BCUT2D eigenvalue weighted by Gasteiger charge is 2.60. The summed E-state index contributed by atoms with van der Waals surface area (Å²) in [6.07, 6.45) is 12.5. The molecule has 0 aromatic rings. The van der Waals surface area contributed by atoms with Crippen molar-refractivity contribution in [2.75, 3.05) is 6.61 Å². The topological polar surface area (TPSA) is 37.3 Å². The highest BCUT2D eigenvalue weighted by atomic mass is 19.1. The maximum absolute atomic E-state index is 14.5. The van der Waals surface area contributed by atoms with Gasteiger partial charge < -0.3 is 5.11 Å². The number of carbonyl (C=O) groups is 1. The summed E-state index contributed by atoms with van der Waals surface area (Å²) < 4.78 is 14.5. The van der Waals surface area contributed by atoms with Crippen LogP contribution in [0.15, 0.2) is 23.0 Å². The van der Waals surface area contributed by atoms with Crippen LogP contribution in [-0.4, -0.2) is 17.5 Å². The van der Waals surface area contributed by atoms with E-state index in [4.69, 9.17) is 0 Å². The van der Waals surface area contributed by atoms with Gasteiger partial charge in [-0.05, 0) is 91.1 Å². The van der Waals surface area contributed by atoms with Gasteiger partial charge in [-0.25, -0.2) is 4.39 Å². The summed E-state index contributed by atoms with van der Waals surface area (Å²) in [6, 6.07) is 0. The number of ketones is 1. The number of hydrogen-bond donors (Lipinski definition) is 1. The van der Waals surface area contributed by atoms with Crippen LogP contribution in [0.4, 0.5) is 4.39 Å². The summed E-state index contributed by atoms with van der Waals surface area (Å²) in [5.41, 5.74) is 2.41. The molecule has 1 N–H and O–H groups in total.